The average Bonchev–Trinajstić information content (AvgIpc) is 3.34. The topological polar surface area (TPSA) is 123 Å². The summed E-state index contributed by atoms with van der Waals surface area (Å²) in [5, 5.41) is 7.30. The zero-order valence-corrected chi connectivity index (χ0v) is 21.1. The van der Waals surface area contributed by atoms with E-state index in [-0.39, 0.29) is 18.5 Å². The van der Waals surface area contributed by atoms with E-state index in [1.54, 1.807) is 5.38 Å². The third-order valence-electron chi connectivity index (χ3n) is 5.00. The monoisotopic (exact) mass is 552 g/mol. The summed E-state index contributed by atoms with van der Waals surface area (Å²) in [5.41, 5.74) is 7.06. The molecular weight excluding hydrogens is 529 g/mol. The lowest BCUT2D eigenvalue weighted by atomic mass is 10.1. The molecule has 3 rings (SSSR count). The lowest BCUT2D eigenvalue weighted by Gasteiger charge is -2.19. The largest absolute Gasteiger partial charge is 0.491 e. The Balaban J connectivity index is 1.78. The molecule has 0 saturated carbocycles. The normalized spacial score (nSPS) is 12.0. The number of hydrogen-bond acceptors (Lipinski definition) is 8. The molecule has 2 aromatic carbocycles. The first-order valence-corrected chi connectivity index (χ1v) is 13.1. The summed E-state index contributed by atoms with van der Waals surface area (Å²) in [7, 11) is 0. The van der Waals surface area contributed by atoms with Crippen LogP contribution in [0.5, 0.6) is 5.75 Å². The van der Waals surface area contributed by atoms with E-state index in [0.717, 1.165) is 11.6 Å². The molecule has 0 aliphatic carbocycles. The Labute approximate surface area is 218 Å². The maximum atomic E-state index is 13.0. The van der Waals surface area contributed by atoms with Gasteiger partial charge in [-0.2, -0.15) is 24.9 Å². The van der Waals surface area contributed by atoms with Crippen molar-refractivity contribution < 1.29 is 32.3 Å². The van der Waals surface area contributed by atoms with Gasteiger partial charge in [0.1, 0.15) is 11.8 Å². The molecule has 8 nitrogen and oxygen atoms in total. The molecule has 2 amide bonds. The van der Waals surface area contributed by atoms with E-state index < -0.39 is 35.8 Å². The number of halogens is 3. The summed E-state index contributed by atoms with van der Waals surface area (Å²) >= 11 is 2.65. The Morgan fingerprint density at radius 3 is 2.54 bits per heavy atom. The molecule has 0 aliphatic heterocycles. The third-order valence-corrected chi connectivity index (χ3v) is 6.40. The Hall–Kier alpha value is -3.42. The minimum Gasteiger partial charge on any atom is -0.419 e. The van der Waals surface area contributed by atoms with Gasteiger partial charge in [0, 0.05) is 17.5 Å². The number of nitrogens with zero attached hydrogens (tertiary/aromatic N) is 1. The van der Waals surface area contributed by atoms with Crippen molar-refractivity contribution in [2.24, 2.45) is 5.73 Å². The van der Waals surface area contributed by atoms with Crippen LogP contribution in [0.25, 0.3) is 11.3 Å². The highest BCUT2D eigenvalue weighted by Gasteiger charge is 2.42. The fraction of sp³-hybridized carbons (Fsp3) is 0.250. The van der Waals surface area contributed by atoms with Crippen molar-refractivity contribution in [3.8, 4) is 17.0 Å². The van der Waals surface area contributed by atoms with Gasteiger partial charge in [0.25, 0.3) is 5.91 Å². The molecule has 1 atom stereocenters. The predicted molar refractivity (Wildman–Crippen MR) is 136 cm³/mol. The number of carbonyl (C=O) groups is 3. The van der Waals surface area contributed by atoms with Gasteiger partial charge in [-0.05, 0) is 36.1 Å². The van der Waals surface area contributed by atoms with Crippen LogP contribution in [0.1, 0.15) is 22.3 Å². The second-order valence-electron chi connectivity index (χ2n) is 7.62. The van der Waals surface area contributed by atoms with Crippen LogP contribution < -0.4 is 21.1 Å². The van der Waals surface area contributed by atoms with E-state index in [9.17, 15) is 27.6 Å². The number of hydrogen-bond donors (Lipinski definition) is 3. The van der Waals surface area contributed by atoms with E-state index in [4.69, 9.17) is 5.73 Å². The van der Waals surface area contributed by atoms with E-state index in [1.165, 1.54) is 35.2 Å². The number of nitrogens with two attached hydrogens (primary N) is 1. The van der Waals surface area contributed by atoms with Crippen LogP contribution in [0.15, 0.2) is 53.9 Å². The number of thioether (sulfide) groups is 1. The number of carbonyl (C=O) groups excluding carboxylic acids is 3. The van der Waals surface area contributed by atoms with Gasteiger partial charge in [-0.25, -0.2) is 9.78 Å². The SMILES string of the molecule is CSCCC(NC(=O)c1ccc(CN)cc1OC(=O)C(F)(F)F)C(=O)Nc1nc(-c2ccccc2)cs1. The fourth-order valence-electron chi connectivity index (χ4n) is 3.13. The van der Waals surface area contributed by atoms with Crippen molar-refractivity contribution in [3.05, 3.63) is 65.0 Å². The molecular formula is C24H23F3N4O4S2. The zero-order valence-electron chi connectivity index (χ0n) is 19.5. The van der Waals surface area contributed by atoms with Crippen LogP contribution in [0.3, 0.4) is 0 Å². The lowest BCUT2D eigenvalue weighted by Crippen LogP contribution is -2.44. The van der Waals surface area contributed by atoms with Gasteiger partial charge in [0.05, 0.1) is 11.3 Å². The summed E-state index contributed by atoms with van der Waals surface area (Å²) in [5.74, 6) is -4.03. The number of rotatable bonds is 10. The van der Waals surface area contributed by atoms with Gasteiger partial charge in [-0.15, -0.1) is 11.3 Å². The number of amides is 2. The molecule has 37 heavy (non-hydrogen) atoms. The molecule has 0 aliphatic rings. The molecule has 0 radical (unpaired) electrons. The smallest absolute Gasteiger partial charge is 0.419 e. The van der Waals surface area contributed by atoms with Crippen LogP contribution in [0.2, 0.25) is 0 Å². The highest BCUT2D eigenvalue weighted by atomic mass is 32.2. The van der Waals surface area contributed by atoms with Crippen molar-refractivity contribution in [2.45, 2.75) is 25.2 Å². The van der Waals surface area contributed by atoms with Gasteiger partial charge in [0.15, 0.2) is 5.13 Å². The number of benzene rings is 2. The summed E-state index contributed by atoms with van der Waals surface area (Å²) in [6, 6.07) is 12.0. The molecule has 4 N–H and O–H groups in total. The zero-order chi connectivity index (χ0) is 27.0. The van der Waals surface area contributed by atoms with E-state index in [0.29, 0.717) is 22.1 Å². The van der Waals surface area contributed by atoms with Crippen LogP contribution >= 0.6 is 23.1 Å². The first-order chi connectivity index (χ1) is 17.6. The van der Waals surface area contributed by atoms with Crippen molar-refractivity contribution in [3.63, 3.8) is 0 Å². The average molecular weight is 553 g/mol. The molecule has 1 aromatic heterocycles. The number of esters is 1. The molecule has 1 unspecified atom stereocenters. The van der Waals surface area contributed by atoms with Gasteiger partial charge in [0.2, 0.25) is 5.91 Å². The van der Waals surface area contributed by atoms with Crippen LogP contribution in [-0.2, 0) is 16.1 Å². The lowest BCUT2D eigenvalue weighted by molar-refractivity contribution is -0.189. The van der Waals surface area contributed by atoms with Crippen molar-refractivity contribution >= 4 is 46.0 Å². The van der Waals surface area contributed by atoms with E-state index >= 15 is 0 Å². The van der Waals surface area contributed by atoms with Gasteiger partial charge < -0.3 is 21.1 Å². The molecule has 0 bridgehead atoms. The summed E-state index contributed by atoms with van der Waals surface area (Å²) in [6.45, 7) is -0.0595. The second kappa shape index (κ2) is 12.7. The first kappa shape index (κ1) is 28.2. The van der Waals surface area contributed by atoms with E-state index in [2.05, 4.69) is 20.4 Å². The quantitative estimate of drug-likeness (QED) is 0.254. The molecule has 3 aromatic rings. The fourth-order valence-corrected chi connectivity index (χ4v) is 4.32. The highest BCUT2D eigenvalue weighted by molar-refractivity contribution is 7.98. The third kappa shape index (κ3) is 7.78. The molecule has 0 fully saturated rings. The summed E-state index contributed by atoms with van der Waals surface area (Å²) < 4.78 is 42.7. The van der Waals surface area contributed by atoms with Crippen LogP contribution in [0.4, 0.5) is 18.3 Å². The van der Waals surface area contributed by atoms with Gasteiger partial charge in [-0.1, -0.05) is 36.4 Å². The Bertz CT molecular complexity index is 1250. The minimum absolute atomic E-state index is 0.0595. The maximum absolute atomic E-state index is 13.0. The minimum atomic E-state index is -5.26. The summed E-state index contributed by atoms with van der Waals surface area (Å²) in [6.07, 6.45) is -3.21. The van der Waals surface area contributed by atoms with Crippen molar-refractivity contribution in [1.29, 1.82) is 0 Å². The molecule has 13 heteroatoms. The maximum Gasteiger partial charge on any atom is 0.491 e. The number of aromatic nitrogens is 1. The number of ether oxygens (including phenoxy) is 1. The second-order valence-corrected chi connectivity index (χ2v) is 9.47. The Morgan fingerprint density at radius 1 is 1.16 bits per heavy atom. The van der Waals surface area contributed by atoms with E-state index in [1.807, 2.05) is 36.6 Å². The molecule has 1 heterocycles. The first-order valence-electron chi connectivity index (χ1n) is 10.9. The number of nitrogens with one attached hydrogen (secondary N) is 2. The van der Waals surface area contributed by atoms with Crippen molar-refractivity contribution in [1.82, 2.24) is 10.3 Å². The molecule has 196 valence electrons. The highest BCUT2D eigenvalue weighted by Crippen LogP contribution is 2.26. The molecule has 0 saturated heterocycles. The van der Waals surface area contributed by atoms with Crippen LogP contribution in [-0.4, -0.2) is 47.0 Å². The Kier molecular flexibility index (Phi) is 9.66. The number of alkyl halides is 3. The number of thiazole rings is 1. The number of anilines is 1. The van der Waals surface area contributed by atoms with Gasteiger partial charge >= 0.3 is 12.1 Å². The standard InChI is InChI=1S/C24H23F3N4O4S2/c1-36-10-9-17(21(33)31-23-30-18(13-37-23)15-5-3-2-4-6-15)29-20(32)16-8-7-14(12-28)11-19(16)35-22(34)24(25,26)27/h2-8,11,13,17H,9-10,12,28H2,1H3,(H,29,32)(H,30,31,33). The molecule has 0 spiro atoms. The van der Waals surface area contributed by atoms with Crippen LogP contribution in [0, 0.1) is 0 Å². The predicted octanol–water partition coefficient (Wildman–Crippen LogP) is 4.23. The van der Waals surface area contributed by atoms with Gasteiger partial charge in [-0.3, -0.25) is 9.59 Å². The Morgan fingerprint density at radius 2 is 1.89 bits per heavy atom. The van der Waals surface area contributed by atoms with Crippen molar-refractivity contribution in [2.75, 3.05) is 17.3 Å². The summed E-state index contributed by atoms with van der Waals surface area (Å²) in [4.78, 5) is 41.8.